The highest BCUT2D eigenvalue weighted by molar-refractivity contribution is 5.93. The second-order valence-corrected chi connectivity index (χ2v) is 7.44. The molecule has 158 valence electrons. The number of benzene rings is 1. The highest BCUT2D eigenvalue weighted by Gasteiger charge is 2.25. The molecule has 0 aliphatic carbocycles. The van der Waals surface area contributed by atoms with Gasteiger partial charge < -0.3 is 15.2 Å². The van der Waals surface area contributed by atoms with Gasteiger partial charge in [0.05, 0.1) is 22.8 Å². The van der Waals surface area contributed by atoms with Gasteiger partial charge in [-0.25, -0.2) is 14.5 Å². The van der Waals surface area contributed by atoms with Crippen molar-refractivity contribution in [3.63, 3.8) is 0 Å². The molecule has 9 heteroatoms. The third kappa shape index (κ3) is 3.74. The number of pyridine rings is 1. The number of aryl methyl sites for hydroxylation is 1. The minimum absolute atomic E-state index is 0.222. The molecule has 0 unspecified atom stereocenters. The molecule has 1 aliphatic rings. The molecule has 4 rings (SSSR count). The van der Waals surface area contributed by atoms with E-state index in [0.29, 0.717) is 28.1 Å². The van der Waals surface area contributed by atoms with Crippen LogP contribution in [0.3, 0.4) is 0 Å². The van der Waals surface area contributed by atoms with E-state index in [-0.39, 0.29) is 31.2 Å². The summed E-state index contributed by atoms with van der Waals surface area (Å²) in [5.74, 6) is 0.0614. The summed E-state index contributed by atoms with van der Waals surface area (Å²) in [6.07, 6.45) is 2.22. The number of cyclic esters (lactones) is 1. The fourth-order valence-electron chi connectivity index (χ4n) is 3.67. The number of nitriles is 1. The van der Waals surface area contributed by atoms with E-state index in [1.54, 1.807) is 31.3 Å². The molecular formula is C22H21N5O4. The number of aromatic amines is 1. The van der Waals surface area contributed by atoms with Crippen molar-refractivity contribution in [1.29, 1.82) is 5.26 Å². The molecule has 0 spiro atoms. The van der Waals surface area contributed by atoms with Gasteiger partial charge in [0.25, 0.3) is 5.56 Å². The maximum absolute atomic E-state index is 12.7. The molecule has 1 aromatic carbocycles. The van der Waals surface area contributed by atoms with Crippen molar-refractivity contribution < 1.29 is 14.6 Å². The Kier molecular flexibility index (Phi) is 5.42. The number of aliphatic hydroxyl groups is 1. The maximum Gasteiger partial charge on any atom is 0.338 e. The average Bonchev–Trinajstić information content (AvgIpc) is 3.31. The second kappa shape index (κ2) is 8.18. The van der Waals surface area contributed by atoms with E-state index in [0.717, 1.165) is 16.7 Å². The fourth-order valence-corrected chi connectivity index (χ4v) is 3.67. The number of carbonyl (C=O) groups excluding carboxylic acids is 1. The van der Waals surface area contributed by atoms with Gasteiger partial charge in [-0.2, -0.15) is 5.26 Å². The molecule has 1 aliphatic heterocycles. The van der Waals surface area contributed by atoms with Crippen LogP contribution in [0.2, 0.25) is 0 Å². The monoisotopic (exact) mass is 419 g/mol. The quantitative estimate of drug-likeness (QED) is 0.516. The van der Waals surface area contributed by atoms with Crippen LogP contribution in [-0.2, 0) is 17.9 Å². The molecule has 3 aromatic rings. The van der Waals surface area contributed by atoms with Crippen LogP contribution in [0, 0.1) is 25.2 Å². The van der Waals surface area contributed by atoms with E-state index >= 15 is 0 Å². The number of H-pyrrole nitrogens is 1. The minimum atomic E-state index is -0.801. The lowest BCUT2D eigenvalue weighted by molar-refractivity contribution is 0.0535. The summed E-state index contributed by atoms with van der Waals surface area (Å²) >= 11 is 0. The van der Waals surface area contributed by atoms with Crippen LogP contribution in [0.1, 0.15) is 49.8 Å². The lowest BCUT2D eigenvalue weighted by Gasteiger charge is -2.16. The van der Waals surface area contributed by atoms with Crippen molar-refractivity contribution in [2.45, 2.75) is 33.1 Å². The van der Waals surface area contributed by atoms with Crippen LogP contribution in [0.4, 0.5) is 0 Å². The van der Waals surface area contributed by atoms with Crippen LogP contribution in [0.15, 0.2) is 35.4 Å². The summed E-state index contributed by atoms with van der Waals surface area (Å²) in [6, 6.07) is 7.12. The van der Waals surface area contributed by atoms with E-state index in [2.05, 4.69) is 15.4 Å². The summed E-state index contributed by atoms with van der Waals surface area (Å²) < 4.78 is 6.36. The maximum atomic E-state index is 12.7. The summed E-state index contributed by atoms with van der Waals surface area (Å²) in [7, 11) is 0. The summed E-state index contributed by atoms with van der Waals surface area (Å²) in [6.45, 7) is 4.34. The van der Waals surface area contributed by atoms with E-state index in [4.69, 9.17) is 10.00 Å². The van der Waals surface area contributed by atoms with Crippen LogP contribution < -0.4 is 10.9 Å². The average molecular weight is 419 g/mol. The van der Waals surface area contributed by atoms with E-state index in [1.165, 1.54) is 10.9 Å². The number of rotatable bonds is 6. The SMILES string of the molecule is Cc1cc(-n2[nH]cc(CNC[C@H](O)c3ccc4c(c3C)COC4=O)c2=O)ncc1C#N. The second-order valence-electron chi connectivity index (χ2n) is 7.44. The Morgan fingerprint density at radius 3 is 2.94 bits per heavy atom. The van der Waals surface area contributed by atoms with Crippen LogP contribution >= 0.6 is 0 Å². The van der Waals surface area contributed by atoms with Crippen LogP contribution in [0.25, 0.3) is 5.82 Å². The molecule has 0 amide bonds. The predicted molar refractivity (Wildman–Crippen MR) is 111 cm³/mol. The van der Waals surface area contributed by atoms with Gasteiger partial charge in [0.15, 0.2) is 5.82 Å². The van der Waals surface area contributed by atoms with Crippen molar-refractivity contribution in [1.82, 2.24) is 20.1 Å². The first-order chi connectivity index (χ1) is 14.9. The Morgan fingerprint density at radius 1 is 1.39 bits per heavy atom. The number of esters is 1. The fraction of sp³-hybridized carbons (Fsp3) is 0.273. The Morgan fingerprint density at radius 2 is 2.19 bits per heavy atom. The Labute approximate surface area is 177 Å². The number of carbonyl (C=O) groups is 1. The van der Waals surface area contributed by atoms with Gasteiger partial charge in [0, 0.05) is 31.0 Å². The lowest BCUT2D eigenvalue weighted by Crippen LogP contribution is -2.26. The molecular weight excluding hydrogens is 398 g/mol. The number of nitrogens with one attached hydrogen (secondary N) is 2. The molecule has 31 heavy (non-hydrogen) atoms. The van der Waals surface area contributed by atoms with Gasteiger partial charge in [0.2, 0.25) is 0 Å². The van der Waals surface area contributed by atoms with Crippen LogP contribution in [-0.4, -0.2) is 32.4 Å². The highest BCUT2D eigenvalue weighted by atomic mass is 16.5. The molecule has 0 bridgehead atoms. The molecule has 2 aromatic heterocycles. The smallest absolute Gasteiger partial charge is 0.338 e. The van der Waals surface area contributed by atoms with Gasteiger partial charge >= 0.3 is 5.97 Å². The first kappa shape index (κ1) is 20.5. The largest absolute Gasteiger partial charge is 0.457 e. The number of nitrogens with zero attached hydrogens (tertiary/aromatic N) is 3. The van der Waals surface area contributed by atoms with Crippen molar-refractivity contribution in [2.75, 3.05) is 6.54 Å². The topological polar surface area (TPSA) is 133 Å². The number of aromatic nitrogens is 3. The zero-order chi connectivity index (χ0) is 22.1. The summed E-state index contributed by atoms with van der Waals surface area (Å²) in [5, 5.41) is 25.6. The normalized spacial score (nSPS) is 13.5. The van der Waals surface area contributed by atoms with Gasteiger partial charge in [0.1, 0.15) is 12.7 Å². The summed E-state index contributed by atoms with van der Waals surface area (Å²) in [4.78, 5) is 28.5. The highest BCUT2D eigenvalue weighted by Crippen LogP contribution is 2.28. The minimum Gasteiger partial charge on any atom is -0.457 e. The van der Waals surface area contributed by atoms with Crippen molar-refractivity contribution in [3.8, 4) is 11.9 Å². The molecule has 3 N–H and O–H groups in total. The molecule has 3 heterocycles. The van der Waals surface area contributed by atoms with Gasteiger partial charge in [-0.1, -0.05) is 6.07 Å². The standard InChI is InChI=1S/C22H21N5O4/c1-12-5-20(25-8-14(12)6-23)27-21(29)15(9-26-27)7-24-10-19(28)16-3-4-17-18(13(16)2)11-31-22(17)30/h3-5,8-9,19,24,26,28H,7,10-11H2,1-2H3/t19-/m0/s1. The number of fused-ring (bicyclic) bond motifs is 1. The van der Waals surface area contributed by atoms with Crippen molar-refractivity contribution >= 4 is 5.97 Å². The van der Waals surface area contributed by atoms with E-state index in [9.17, 15) is 14.7 Å². The van der Waals surface area contributed by atoms with Crippen molar-refractivity contribution in [3.05, 3.63) is 79.9 Å². The first-order valence-corrected chi connectivity index (χ1v) is 9.75. The molecule has 1 atom stereocenters. The van der Waals surface area contributed by atoms with Gasteiger partial charge in [-0.15, -0.1) is 0 Å². The summed E-state index contributed by atoms with van der Waals surface area (Å²) in [5.41, 5.74) is 4.31. The zero-order valence-electron chi connectivity index (χ0n) is 17.1. The zero-order valence-corrected chi connectivity index (χ0v) is 17.1. The molecule has 0 radical (unpaired) electrons. The van der Waals surface area contributed by atoms with E-state index < -0.39 is 6.10 Å². The number of aliphatic hydroxyl groups excluding tert-OH is 1. The number of hydrogen-bond acceptors (Lipinski definition) is 7. The Bertz CT molecular complexity index is 1270. The predicted octanol–water partition coefficient (Wildman–Crippen LogP) is 1.54. The number of hydrogen-bond donors (Lipinski definition) is 3. The molecule has 0 saturated carbocycles. The van der Waals surface area contributed by atoms with E-state index in [1.807, 2.05) is 13.0 Å². The third-order valence-corrected chi connectivity index (χ3v) is 5.51. The van der Waals surface area contributed by atoms with Crippen molar-refractivity contribution in [2.24, 2.45) is 0 Å². The lowest BCUT2D eigenvalue weighted by atomic mass is 9.95. The molecule has 9 nitrogen and oxygen atoms in total. The Balaban J connectivity index is 1.43. The van der Waals surface area contributed by atoms with Gasteiger partial charge in [-0.05, 0) is 42.7 Å². The number of ether oxygens (including phenoxy) is 1. The molecule has 0 fully saturated rings. The Hall–Kier alpha value is -3.74. The molecule has 0 saturated heterocycles. The van der Waals surface area contributed by atoms with Gasteiger partial charge in [-0.3, -0.25) is 9.89 Å². The van der Waals surface area contributed by atoms with Crippen LogP contribution in [0.5, 0.6) is 0 Å². The third-order valence-electron chi connectivity index (χ3n) is 5.51. The first-order valence-electron chi connectivity index (χ1n) is 9.75.